The molecule has 1 aromatic rings. The zero-order valence-corrected chi connectivity index (χ0v) is 12.1. The van der Waals surface area contributed by atoms with Crippen LogP contribution in [0.3, 0.4) is 0 Å². The summed E-state index contributed by atoms with van der Waals surface area (Å²) in [6.45, 7) is 1.83. The second-order valence-electron chi connectivity index (χ2n) is 5.84. The van der Waals surface area contributed by atoms with E-state index in [9.17, 15) is 0 Å². The molecule has 1 fully saturated rings. The van der Waals surface area contributed by atoms with Gasteiger partial charge in [-0.2, -0.15) is 0 Å². The molecule has 0 spiro atoms. The van der Waals surface area contributed by atoms with Crippen molar-refractivity contribution in [2.45, 2.75) is 50.5 Å². The van der Waals surface area contributed by atoms with Crippen molar-refractivity contribution in [1.82, 2.24) is 9.88 Å². The van der Waals surface area contributed by atoms with Gasteiger partial charge in [0.25, 0.3) is 0 Å². The van der Waals surface area contributed by atoms with Crippen LogP contribution in [0, 0.1) is 0 Å². The summed E-state index contributed by atoms with van der Waals surface area (Å²) in [4.78, 5) is 6.90. The number of nitrogens with two attached hydrogens (primary N) is 1. The van der Waals surface area contributed by atoms with Crippen molar-refractivity contribution in [2.75, 3.05) is 20.1 Å². The minimum Gasteiger partial charge on any atom is -0.329 e. The van der Waals surface area contributed by atoms with Crippen molar-refractivity contribution >= 4 is 0 Å². The van der Waals surface area contributed by atoms with Crippen LogP contribution in [-0.2, 0) is 6.42 Å². The zero-order valence-electron chi connectivity index (χ0n) is 12.1. The standard InChI is InChI=1S/C16H27N3/c1-19(13-9-15-8-4-7-12-18-15)16(14-17)10-5-2-3-6-11-16/h4,7-8,12H,2-3,5-6,9-11,13-14,17H2,1H3. The highest BCUT2D eigenvalue weighted by molar-refractivity contribution is 5.04. The number of likely N-dealkylation sites (N-methyl/N-ethyl adjacent to an activating group) is 1. The fourth-order valence-corrected chi connectivity index (χ4v) is 3.19. The van der Waals surface area contributed by atoms with Crippen LogP contribution in [0.2, 0.25) is 0 Å². The van der Waals surface area contributed by atoms with Gasteiger partial charge in [0.2, 0.25) is 0 Å². The summed E-state index contributed by atoms with van der Waals surface area (Å²) in [5.74, 6) is 0. The lowest BCUT2D eigenvalue weighted by Gasteiger charge is -2.41. The van der Waals surface area contributed by atoms with Gasteiger partial charge in [0, 0.05) is 36.9 Å². The van der Waals surface area contributed by atoms with Gasteiger partial charge in [-0.3, -0.25) is 9.88 Å². The van der Waals surface area contributed by atoms with Crippen molar-refractivity contribution in [3.63, 3.8) is 0 Å². The van der Waals surface area contributed by atoms with Crippen LogP contribution in [0.5, 0.6) is 0 Å². The average molecular weight is 261 g/mol. The van der Waals surface area contributed by atoms with Crippen molar-refractivity contribution in [3.05, 3.63) is 30.1 Å². The second kappa shape index (κ2) is 7.01. The van der Waals surface area contributed by atoms with Gasteiger partial charge in [0.05, 0.1) is 0 Å². The first-order chi connectivity index (χ1) is 9.27. The first-order valence-corrected chi connectivity index (χ1v) is 7.58. The zero-order chi connectivity index (χ0) is 13.6. The maximum absolute atomic E-state index is 6.12. The van der Waals surface area contributed by atoms with Crippen LogP contribution in [0.15, 0.2) is 24.4 Å². The van der Waals surface area contributed by atoms with E-state index in [0.717, 1.165) is 19.5 Å². The van der Waals surface area contributed by atoms with Crippen LogP contribution < -0.4 is 5.73 Å². The van der Waals surface area contributed by atoms with E-state index >= 15 is 0 Å². The smallest absolute Gasteiger partial charge is 0.0416 e. The molecule has 0 aliphatic heterocycles. The summed E-state index contributed by atoms with van der Waals surface area (Å²) < 4.78 is 0. The van der Waals surface area contributed by atoms with Gasteiger partial charge in [-0.25, -0.2) is 0 Å². The fraction of sp³-hybridized carbons (Fsp3) is 0.688. The van der Waals surface area contributed by atoms with Gasteiger partial charge in [-0.05, 0) is 32.0 Å². The average Bonchev–Trinajstić information content (AvgIpc) is 2.72. The summed E-state index contributed by atoms with van der Waals surface area (Å²) in [7, 11) is 2.24. The molecule has 1 aliphatic rings. The van der Waals surface area contributed by atoms with Gasteiger partial charge >= 0.3 is 0 Å². The highest BCUT2D eigenvalue weighted by atomic mass is 15.2. The quantitative estimate of drug-likeness (QED) is 0.828. The van der Waals surface area contributed by atoms with E-state index in [4.69, 9.17) is 5.73 Å². The molecule has 1 aliphatic carbocycles. The Morgan fingerprint density at radius 1 is 1.21 bits per heavy atom. The number of hydrogen-bond acceptors (Lipinski definition) is 3. The minimum absolute atomic E-state index is 0.227. The number of rotatable bonds is 5. The summed E-state index contributed by atoms with van der Waals surface area (Å²) in [6.07, 6.45) is 10.8. The highest BCUT2D eigenvalue weighted by Crippen LogP contribution is 2.31. The molecule has 3 nitrogen and oxygen atoms in total. The fourth-order valence-electron chi connectivity index (χ4n) is 3.19. The van der Waals surface area contributed by atoms with E-state index in [1.54, 1.807) is 0 Å². The second-order valence-corrected chi connectivity index (χ2v) is 5.84. The van der Waals surface area contributed by atoms with Crippen LogP contribution in [-0.4, -0.2) is 35.6 Å². The van der Waals surface area contributed by atoms with E-state index in [0.29, 0.717) is 0 Å². The predicted octanol–water partition coefficient (Wildman–Crippen LogP) is 2.61. The van der Waals surface area contributed by atoms with Gasteiger partial charge in [0.1, 0.15) is 0 Å². The molecule has 0 bridgehead atoms. The number of nitrogens with zero attached hydrogens (tertiary/aromatic N) is 2. The highest BCUT2D eigenvalue weighted by Gasteiger charge is 2.33. The van der Waals surface area contributed by atoms with Crippen molar-refractivity contribution in [2.24, 2.45) is 5.73 Å². The molecule has 0 atom stereocenters. The largest absolute Gasteiger partial charge is 0.329 e. The van der Waals surface area contributed by atoms with Crippen LogP contribution in [0.1, 0.15) is 44.2 Å². The van der Waals surface area contributed by atoms with Crippen molar-refractivity contribution in [3.8, 4) is 0 Å². The Bertz CT molecular complexity index is 356. The molecular formula is C16H27N3. The Hall–Kier alpha value is -0.930. The summed E-state index contributed by atoms with van der Waals surface area (Å²) >= 11 is 0. The Morgan fingerprint density at radius 3 is 2.53 bits per heavy atom. The van der Waals surface area contributed by atoms with Crippen LogP contribution in [0.25, 0.3) is 0 Å². The maximum Gasteiger partial charge on any atom is 0.0416 e. The van der Waals surface area contributed by atoms with Crippen molar-refractivity contribution < 1.29 is 0 Å². The topological polar surface area (TPSA) is 42.2 Å². The number of pyridine rings is 1. The van der Waals surface area contributed by atoms with Gasteiger partial charge in [-0.15, -0.1) is 0 Å². The lowest BCUT2D eigenvalue weighted by molar-refractivity contribution is 0.108. The Labute approximate surface area is 117 Å². The lowest BCUT2D eigenvalue weighted by Crippen LogP contribution is -2.52. The molecule has 2 rings (SSSR count). The summed E-state index contributed by atoms with van der Waals surface area (Å²) in [5, 5.41) is 0. The third-order valence-corrected chi connectivity index (χ3v) is 4.65. The molecule has 0 unspecified atom stereocenters. The Morgan fingerprint density at radius 2 is 1.95 bits per heavy atom. The molecule has 19 heavy (non-hydrogen) atoms. The molecule has 3 heteroatoms. The number of aromatic nitrogens is 1. The lowest BCUT2D eigenvalue weighted by atomic mass is 9.88. The van der Waals surface area contributed by atoms with Crippen molar-refractivity contribution in [1.29, 1.82) is 0 Å². The van der Waals surface area contributed by atoms with Gasteiger partial charge in [-0.1, -0.05) is 31.7 Å². The molecule has 2 N–H and O–H groups in total. The molecule has 1 heterocycles. The van der Waals surface area contributed by atoms with E-state index in [1.807, 2.05) is 12.3 Å². The molecule has 0 radical (unpaired) electrons. The maximum atomic E-state index is 6.12. The molecule has 1 aromatic heterocycles. The first-order valence-electron chi connectivity index (χ1n) is 7.58. The van der Waals surface area contributed by atoms with Crippen LogP contribution >= 0.6 is 0 Å². The van der Waals surface area contributed by atoms with E-state index in [-0.39, 0.29) is 5.54 Å². The Kier molecular flexibility index (Phi) is 5.34. The Balaban J connectivity index is 1.94. The third kappa shape index (κ3) is 3.77. The predicted molar refractivity (Wildman–Crippen MR) is 80.1 cm³/mol. The normalized spacial score (nSPS) is 19.3. The van der Waals surface area contributed by atoms with Gasteiger partial charge < -0.3 is 5.73 Å². The van der Waals surface area contributed by atoms with E-state index in [2.05, 4.69) is 29.1 Å². The molecule has 0 saturated heterocycles. The van der Waals surface area contributed by atoms with Gasteiger partial charge in [0.15, 0.2) is 0 Å². The summed E-state index contributed by atoms with van der Waals surface area (Å²) in [6, 6.07) is 6.14. The minimum atomic E-state index is 0.227. The van der Waals surface area contributed by atoms with E-state index in [1.165, 1.54) is 44.2 Å². The number of hydrogen-bond donors (Lipinski definition) is 1. The molecule has 0 aromatic carbocycles. The molecule has 1 saturated carbocycles. The monoisotopic (exact) mass is 261 g/mol. The SMILES string of the molecule is CN(CCc1ccccn1)C1(CN)CCCCCC1. The molecule has 106 valence electrons. The summed E-state index contributed by atoms with van der Waals surface area (Å²) in [5.41, 5.74) is 7.52. The molecular weight excluding hydrogens is 234 g/mol. The first kappa shape index (κ1) is 14.5. The molecule has 0 amide bonds. The third-order valence-electron chi connectivity index (χ3n) is 4.65. The van der Waals surface area contributed by atoms with Crippen LogP contribution in [0.4, 0.5) is 0 Å². The van der Waals surface area contributed by atoms with E-state index < -0.39 is 0 Å².